The number of aromatic nitrogens is 1. The summed E-state index contributed by atoms with van der Waals surface area (Å²) in [6.07, 6.45) is 9.96. The van der Waals surface area contributed by atoms with Gasteiger partial charge in [0.2, 0.25) is 5.91 Å². The Morgan fingerprint density at radius 1 is 1.21 bits per heavy atom. The monoisotopic (exact) mass is 383 g/mol. The van der Waals surface area contributed by atoms with Crippen molar-refractivity contribution in [3.05, 3.63) is 42.4 Å². The summed E-state index contributed by atoms with van der Waals surface area (Å²) in [5.41, 5.74) is 1.03. The lowest BCUT2D eigenvalue weighted by Gasteiger charge is -2.33. The highest BCUT2D eigenvalue weighted by Crippen LogP contribution is 2.20. The molecular formula is C23H33N3O2. The van der Waals surface area contributed by atoms with E-state index in [2.05, 4.69) is 22.1 Å². The van der Waals surface area contributed by atoms with Crippen molar-refractivity contribution in [2.24, 2.45) is 0 Å². The third-order valence-corrected chi connectivity index (χ3v) is 5.54. The van der Waals surface area contributed by atoms with E-state index >= 15 is 0 Å². The SMILES string of the molecule is CC1CCCCN1CCCCNC(=O)CCCc1ncc(-c2ccccc2)o1. The number of carbonyl (C=O) groups excluding carboxylic acids is 1. The first-order valence-electron chi connectivity index (χ1n) is 10.7. The number of rotatable bonds is 10. The van der Waals surface area contributed by atoms with Crippen molar-refractivity contribution in [3.8, 4) is 11.3 Å². The number of nitrogens with one attached hydrogen (secondary N) is 1. The van der Waals surface area contributed by atoms with E-state index in [0.29, 0.717) is 18.7 Å². The van der Waals surface area contributed by atoms with Crippen LogP contribution in [0.2, 0.25) is 0 Å². The Morgan fingerprint density at radius 2 is 2.07 bits per heavy atom. The van der Waals surface area contributed by atoms with E-state index in [1.54, 1.807) is 6.20 Å². The van der Waals surface area contributed by atoms with Crippen LogP contribution in [0.3, 0.4) is 0 Å². The molecule has 152 valence electrons. The molecule has 0 radical (unpaired) electrons. The average molecular weight is 384 g/mol. The van der Waals surface area contributed by atoms with Crippen LogP contribution in [0.15, 0.2) is 40.9 Å². The topological polar surface area (TPSA) is 58.4 Å². The molecule has 1 N–H and O–H groups in total. The number of amides is 1. The van der Waals surface area contributed by atoms with Crippen LogP contribution in [0.1, 0.15) is 57.8 Å². The summed E-state index contributed by atoms with van der Waals surface area (Å²) in [6, 6.07) is 10.7. The van der Waals surface area contributed by atoms with Gasteiger partial charge < -0.3 is 14.6 Å². The van der Waals surface area contributed by atoms with Crippen molar-refractivity contribution in [1.82, 2.24) is 15.2 Å². The Bertz CT molecular complexity index is 714. The van der Waals surface area contributed by atoms with E-state index in [0.717, 1.165) is 49.7 Å². The summed E-state index contributed by atoms with van der Waals surface area (Å²) >= 11 is 0. The number of unbranched alkanes of at least 4 members (excludes halogenated alkanes) is 1. The fourth-order valence-electron chi connectivity index (χ4n) is 3.81. The Balaban J connectivity index is 1.25. The lowest BCUT2D eigenvalue weighted by atomic mass is 10.0. The molecule has 1 aromatic carbocycles. The molecule has 3 rings (SSSR count). The summed E-state index contributed by atoms with van der Waals surface area (Å²) in [4.78, 5) is 18.9. The Morgan fingerprint density at radius 3 is 2.89 bits per heavy atom. The maximum atomic E-state index is 12.0. The molecule has 28 heavy (non-hydrogen) atoms. The van der Waals surface area contributed by atoms with E-state index in [9.17, 15) is 4.79 Å². The van der Waals surface area contributed by atoms with Crippen molar-refractivity contribution < 1.29 is 9.21 Å². The molecule has 1 aliphatic rings. The van der Waals surface area contributed by atoms with Crippen LogP contribution in [-0.2, 0) is 11.2 Å². The number of nitrogens with zero attached hydrogens (tertiary/aromatic N) is 2. The van der Waals surface area contributed by atoms with Crippen molar-refractivity contribution >= 4 is 5.91 Å². The van der Waals surface area contributed by atoms with Gasteiger partial charge in [-0.2, -0.15) is 0 Å². The van der Waals surface area contributed by atoms with Gasteiger partial charge in [0.1, 0.15) is 0 Å². The number of piperidine rings is 1. The van der Waals surface area contributed by atoms with Gasteiger partial charge in [-0.15, -0.1) is 0 Å². The van der Waals surface area contributed by atoms with Gasteiger partial charge in [-0.25, -0.2) is 4.98 Å². The van der Waals surface area contributed by atoms with Crippen molar-refractivity contribution in [2.45, 2.75) is 64.3 Å². The van der Waals surface area contributed by atoms with Gasteiger partial charge in [-0.3, -0.25) is 4.79 Å². The molecule has 1 aliphatic heterocycles. The van der Waals surface area contributed by atoms with E-state index < -0.39 is 0 Å². The molecule has 0 bridgehead atoms. The maximum Gasteiger partial charge on any atom is 0.220 e. The number of hydrogen-bond acceptors (Lipinski definition) is 4. The summed E-state index contributed by atoms with van der Waals surface area (Å²) in [7, 11) is 0. The lowest BCUT2D eigenvalue weighted by Crippen LogP contribution is -2.38. The molecule has 1 atom stereocenters. The first-order chi connectivity index (χ1) is 13.7. The van der Waals surface area contributed by atoms with Gasteiger partial charge in [0.25, 0.3) is 0 Å². The summed E-state index contributed by atoms with van der Waals surface area (Å²) in [6.45, 7) is 5.50. The summed E-state index contributed by atoms with van der Waals surface area (Å²) < 4.78 is 5.78. The summed E-state index contributed by atoms with van der Waals surface area (Å²) in [5, 5.41) is 3.04. The second-order valence-electron chi connectivity index (χ2n) is 7.78. The first kappa shape index (κ1) is 20.6. The molecule has 5 nitrogen and oxygen atoms in total. The third kappa shape index (κ3) is 6.48. The molecule has 0 aliphatic carbocycles. The number of likely N-dealkylation sites (tertiary alicyclic amines) is 1. The van der Waals surface area contributed by atoms with Gasteiger partial charge in [0, 0.05) is 31.0 Å². The molecule has 2 aromatic rings. The van der Waals surface area contributed by atoms with E-state index in [1.165, 1.54) is 25.8 Å². The van der Waals surface area contributed by atoms with Crippen LogP contribution >= 0.6 is 0 Å². The molecule has 0 spiro atoms. The zero-order valence-corrected chi connectivity index (χ0v) is 17.0. The molecule has 2 heterocycles. The van der Waals surface area contributed by atoms with Crippen molar-refractivity contribution in [1.29, 1.82) is 0 Å². The molecule has 1 amide bonds. The highest BCUT2D eigenvalue weighted by Gasteiger charge is 2.17. The lowest BCUT2D eigenvalue weighted by molar-refractivity contribution is -0.121. The van der Waals surface area contributed by atoms with Crippen LogP contribution in [0, 0.1) is 0 Å². The van der Waals surface area contributed by atoms with Crippen molar-refractivity contribution in [3.63, 3.8) is 0 Å². The van der Waals surface area contributed by atoms with E-state index in [1.807, 2.05) is 30.3 Å². The fourth-order valence-corrected chi connectivity index (χ4v) is 3.81. The molecule has 1 saturated heterocycles. The fraction of sp³-hybridized carbons (Fsp3) is 0.565. The quantitative estimate of drug-likeness (QED) is 0.617. The predicted octanol–water partition coefficient (Wildman–Crippen LogP) is 4.44. The van der Waals surface area contributed by atoms with E-state index in [-0.39, 0.29) is 5.91 Å². The minimum absolute atomic E-state index is 0.126. The van der Waals surface area contributed by atoms with Crippen LogP contribution in [0.5, 0.6) is 0 Å². The highest BCUT2D eigenvalue weighted by atomic mass is 16.4. The van der Waals surface area contributed by atoms with Crippen LogP contribution in [-0.4, -0.2) is 41.5 Å². The molecule has 0 saturated carbocycles. The van der Waals surface area contributed by atoms with Gasteiger partial charge in [0.15, 0.2) is 11.7 Å². The third-order valence-electron chi connectivity index (χ3n) is 5.54. The van der Waals surface area contributed by atoms with Gasteiger partial charge >= 0.3 is 0 Å². The number of aryl methyl sites for hydroxylation is 1. The number of hydrogen-bond donors (Lipinski definition) is 1. The van der Waals surface area contributed by atoms with Gasteiger partial charge in [0.05, 0.1) is 6.20 Å². The second-order valence-corrected chi connectivity index (χ2v) is 7.78. The molecule has 1 unspecified atom stereocenters. The number of oxazole rings is 1. The van der Waals surface area contributed by atoms with Gasteiger partial charge in [-0.1, -0.05) is 36.8 Å². The Labute approximate surface area is 168 Å². The number of carbonyl (C=O) groups is 1. The number of benzene rings is 1. The first-order valence-corrected chi connectivity index (χ1v) is 10.7. The van der Waals surface area contributed by atoms with Crippen molar-refractivity contribution in [2.75, 3.05) is 19.6 Å². The molecular weight excluding hydrogens is 350 g/mol. The van der Waals surface area contributed by atoms with Gasteiger partial charge in [-0.05, 0) is 52.1 Å². The van der Waals surface area contributed by atoms with E-state index in [4.69, 9.17) is 4.42 Å². The minimum Gasteiger partial charge on any atom is -0.441 e. The molecule has 1 fully saturated rings. The average Bonchev–Trinajstić information content (AvgIpc) is 3.19. The van der Waals surface area contributed by atoms with Crippen LogP contribution in [0.25, 0.3) is 11.3 Å². The predicted molar refractivity (Wildman–Crippen MR) is 112 cm³/mol. The normalized spacial score (nSPS) is 17.5. The molecule has 5 heteroatoms. The van der Waals surface area contributed by atoms with Crippen LogP contribution in [0.4, 0.5) is 0 Å². The largest absolute Gasteiger partial charge is 0.441 e. The standard InChI is InChI=1S/C23H33N3O2/c1-19-10-5-7-16-26(19)17-8-6-15-24-22(27)13-9-14-23-25-18-21(28-23)20-11-3-2-4-12-20/h2-4,11-12,18-19H,5-10,13-17H2,1H3,(H,24,27). The maximum absolute atomic E-state index is 12.0. The Hall–Kier alpha value is -2.14. The molecule has 1 aromatic heterocycles. The second kappa shape index (κ2) is 11.0. The summed E-state index contributed by atoms with van der Waals surface area (Å²) in [5.74, 6) is 1.60. The zero-order valence-electron chi connectivity index (χ0n) is 17.0. The van der Waals surface area contributed by atoms with Crippen LogP contribution < -0.4 is 5.32 Å². The Kier molecular flexibility index (Phi) is 8.09. The highest BCUT2D eigenvalue weighted by molar-refractivity contribution is 5.75. The smallest absolute Gasteiger partial charge is 0.220 e. The zero-order chi connectivity index (χ0) is 19.6. The minimum atomic E-state index is 0.126.